The van der Waals surface area contributed by atoms with Crippen molar-refractivity contribution in [3.8, 4) is 0 Å². The van der Waals surface area contributed by atoms with E-state index in [1.807, 2.05) is 0 Å². The molecule has 3 unspecified atom stereocenters. The van der Waals surface area contributed by atoms with Crippen molar-refractivity contribution in [2.45, 2.75) is 50.7 Å². The Labute approximate surface area is 149 Å². The van der Waals surface area contributed by atoms with Crippen LogP contribution in [0, 0.1) is 10.1 Å². The lowest BCUT2D eigenvalue weighted by atomic mass is 10.00. The molecule has 9 heteroatoms. The van der Waals surface area contributed by atoms with Gasteiger partial charge < -0.3 is 15.5 Å². The lowest BCUT2D eigenvalue weighted by molar-refractivity contribution is -0.380. The zero-order valence-corrected chi connectivity index (χ0v) is 14.9. The van der Waals surface area contributed by atoms with E-state index < -0.39 is 11.0 Å². The maximum Gasteiger partial charge on any atom is 0.324 e. The van der Waals surface area contributed by atoms with E-state index >= 15 is 0 Å². The molecule has 3 rings (SSSR count). The van der Waals surface area contributed by atoms with Gasteiger partial charge in [0.2, 0.25) is 5.91 Å². The van der Waals surface area contributed by atoms with Gasteiger partial charge in [-0.1, -0.05) is 11.3 Å². The highest BCUT2D eigenvalue weighted by molar-refractivity contribution is 7.17. The van der Waals surface area contributed by atoms with Crippen molar-refractivity contribution in [1.82, 2.24) is 15.5 Å². The van der Waals surface area contributed by atoms with Crippen LogP contribution in [0.15, 0.2) is 12.1 Å². The monoisotopic (exact) mass is 366 g/mol. The lowest BCUT2D eigenvalue weighted by Gasteiger charge is -2.31. The molecule has 0 aromatic carbocycles. The van der Waals surface area contributed by atoms with Gasteiger partial charge in [0.1, 0.15) is 6.04 Å². The number of thiophene rings is 1. The van der Waals surface area contributed by atoms with Crippen molar-refractivity contribution >= 4 is 28.2 Å². The standard InChI is InChI=1S/C16H22N4O4S/c1-10-9-11(6-7-17-10)18-15(21)12-3-2-8-19(12)16(22)13-4-5-14(25-13)20(23)24/h4-5,10-12,17H,2-3,6-9H2,1H3,(H,18,21). The maximum atomic E-state index is 12.7. The quantitative estimate of drug-likeness (QED) is 0.621. The largest absolute Gasteiger partial charge is 0.351 e. The summed E-state index contributed by atoms with van der Waals surface area (Å²) in [6.07, 6.45) is 3.16. The Morgan fingerprint density at radius 1 is 1.40 bits per heavy atom. The SMILES string of the molecule is CC1CC(NC(=O)C2CCCN2C(=O)c2ccc([N+](=O)[O-])s2)CCN1. The molecule has 1 aromatic heterocycles. The number of nitrogens with one attached hydrogen (secondary N) is 2. The maximum absolute atomic E-state index is 12.7. The van der Waals surface area contributed by atoms with E-state index in [0.29, 0.717) is 23.9 Å². The fraction of sp³-hybridized carbons (Fsp3) is 0.625. The molecular weight excluding hydrogens is 344 g/mol. The number of rotatable bonds is 4. The highest BCUT2D eigenvalue weighted by Crippen LogP contribution is 2.28. The van der Waals surface area contributed by atoms with Crippen LogP contribution < -0.4 is 10.6 Å². The van der Waals surface area contributed by atoms with Crippen molar-refractivity contribution in [2.75, 3.05) is 13.1 Å². The fourth-order valence-corrected chi connectivity index (χ4v) is 4.30. The number of carbonyl (C=O) groups is 2. The number of carbonyl (C=O) groups excluding carboxylic acids is 2. The van der Waals surface area contributed by atoms with Crippen LogP contribution in [0.25, 0.3) is 0 Å². The smallest absolute Gasteiger partial charge is 0.324 e. The normalized spacial score (nSPS) is 26.4. The number of nitrogens with zero attached hydrogens (tertiary/aromatic N) is 2. The molecule has 0 bridgehead atoms. The Morgan fingerprint density at radius 3 is 2.88 bits per heavy atom. The molecule has 0 aliphatic carbocycles. The topological polar surface area (TPSA) is 105 Å². The third-order valence-corrected chi connectivity index (χ3v) is 5.79. The molecule has 136 valence electrons. The molecule has 25 heavy (non-hydrogen) atoms. The molecule has 3 atom stereocenters. The summed E-state index contributed by atoms with van der Waals surface area (Å²) in [5.74, 6) is -0.412. The van der Waals surface area contributed by atoms with Gasteiger partial charge in [-0.25, -0.2) is 0 Å². The van der Waals surface area contributed by atoms with E-state index in [9.17, 15) is 19.7 Å². The third-order valence-electron chi connectivity index (χ3n) is 4.77. The molecule has 2 aliphatic heterocycles. The van der Waals surface area contributed by atoms with Gasteiger partial charge in [0, 0.05) is 24.7 Å². The van der Waals surface area contributed by atoms with Crippen LogP contribution in [-0.4, -0.2) is 52.9 Å². The van der Waals surface area contributed by atoms with E-state index in [0.717, 1.165) is 37.1 Å². The van der Waals surface area contributed by atoms with Crippen LogP contribution in [0.4, 0.5) is 5.00 Å². The molecular formula is C16H22N4O4S. The van der Waals surface area contributed by atoms with Gasteiger partial charge in [-0.05, 0) is 45.2 Å². The molecule has 8 nitrogen and oxygen atoms in total. The highest BCUT2D eigenvalue weighted by Gasteiger charge is 2.36. The van der Waals surface area contributed by atoms with Crippen LogP contribution >= 0.6 is 11.3 Å². The Morgan fingerprint density at radius 2 is 2.20 bits per heavy atom. The van der Waals surface area contributed by atoms with Gasteiger partial charge in [0.05, 0.1) is 9.80 Å². The van der Waals surface area contributed by atoms with E-state index in [-0.39, 0.29) is 22.9 Å². The molecule has 0 spiro atoms. The zero-order chi connectivity index (χ0) is 18.0. The molecule has 0 radical (unpaired) electrons. The average Bonchev–Trinajstić information content (AvgIpc) is 3.24. The molecule has 3 heterocycles. The molecule has 2 saturated heterocycles. The van der Waals surface area contributed by atoms with Gasteiger partial charge in [-0.15, -0.1) is 0 Å². The van der Waals surface area contributed by atoms with Crippen molar-refractivity contribution in [3.05, 3.63) is 27.1 Å². The van der Waals surface area contributed by atoms with E-state index in [1.54, 1.807) is 4.90 Å². The van der Waals surface area contributed by atoms with Crippen LogP contribution in [0.2, 0.25) is 0 Å². The minimum atomic E-state index is -0.506. The van der Waals surface area contributed by atoms with Crippen molar-refractivity contribution in [1.29, 1.82) is 0 Å². The first-order valence-electron chi connectivity index (χ1n) is 8.54. The minimum absolute atomic E-state index is 0.0627. The number of hydrogen-bond donors (Lipinski definition) is 2. The Bertz CT molecular complexity index is 677. The van der Waals surface area contributed by atoms with Crippen LogP contribution in [-0.2, 0) is 4.79 Å². The van der Waals surface area contributed by atoms with Gasteiger partial charge in [-0.2, -0.15) is 0 Å². The zero-order valence-electron chi connectivity index (χ0n) is 14.1. The van der Waals surface area contributed by atoms with Gasteiger partial charge in [0.15, 0.2) is 0 Å². The van der Waals surface area contributed by atoms with Gasteiger partial charge in [-0.3, -0.25) is 19.7 Å². The average molecular weight is 366 g/mol. The van der Waals surface area contributed by atoms with Crippen molar-refractivity contribution < 1.29 is 14.5 Å². The second-order valence-electron chi connectivity index (χ2n) is 6.64. The molecule has 2 fully saturated rings. The number of piperidine rings is 1. The number of nitro groups is 1. The third kappa shape index (κ3) is 3.98. The Hall–Kier alpha value is -2.00. The molecule has 2 amide bonds. The van der Waals surface area contributed by atoms with E-state index in [4.69, 9.17) is 0 Å². The minimum Gasteiger partial charge on any atom is -0.351 e. The molecule has 2 N–H and O–H groups in total. The van der Waals surface area contributed by atoms with Crippen molar-refractivity contribution in [3.63, 3.8) is 0 Å². The number of likely N-dealkylation sites (tertiary alicyclic amines) is 1. The van der Waals surface area contributed by atoms with E-state index in [1.165, 1.54) is 12.1 Å². The second-order valence-corrected chi connectivity index (χ2v) is 7.70. The lowest BCUT2D eigenvalue weighted by Crippen LogP contribution is -2.52. The predicted octanol–water partition coefficient (Wildman–Crippen LogP) is 1.52. The Balaban J connectivity index is 1.65. The first-order valence-corrected chi connectivity index (χ1v) is 9.36. The van der Waals surface area contributed by atoms with Crippen LogP contribution in [0.3, 0.4) is 0 Å². The fourth-order valence-electron chi connectivity index (χ4n) is 3.53. The summed E-state index contributed by atoms with van der Waals surface area (Å²) in [5.41, 5.74) is 0. The van der Waals surface area contributed by atoms with Gasteiger partial charge >= 0.3 is 5.00 Å². The van der Waals surface area contributed by atoms with Gasteiger partial charge in [0.25, 0.3) is 5.91 Å². The second kappa shape index (κ2) is 7.49. The first-order chi connectivity index (χ1) is 12.0. The number of hydrogen-bond acceptors (Lipinski definition) is 6. The Kier molecular flexibility index (Phi) is 5.33. The summed E-state index contributed by atoms with van der Waals surface area (Å²) >= 11 is 0.855. The predicted molar refractivity (Wildman–Crippen MR) is 93.7 cm³/mol. The summed E-state index contributed by atoms with van der Waals surface area (Å²) in [6, 6.07) is 2.81. The summed E-state index contributed by atoms with van der Waals surface area (Å²) in [6.45, 7) is 3.47. The summed E-state index contributed by atoms with van der Waals surface area (Å²) in [5, 5.41) is 17.2. The van der Waals surface area contributed by atoms with Crippen LogP contribution in [0.5, 0.6) is 0 Å². The molecule has 2 aliphatic rings. The summed E-state index contributed by atoms with van der Waals surface area (Å²) in [7, 11) is 0. The highest BCUT2D eigenvalue weighted by atomic mass is 32.1. The van der Waals surface area contributed by atoms with Crippen molar-refractivity contribution in [2.24, 2.45) is 0 Å². The van der Waals surface area contributed by atoms with Crippen LogP contribution in [0.1, 0.15) is 42.3 Å². The molecule has 0 saturated carbocycles. The summed E-state index contributed by atoms with van der Waals surface area (Å²) in [4.78, 5) is 37.5. The first kappa shape index (κ1) is 17.8. The van der Waals surface area contributed by atoms with E-state index in [2.05, 4.69) is 17.6 Å². The molecule has 1 aromatic rings. The number of amides is 2. The summed E-state index contributed by atoms with van der Waals surface area (Å²) < 4.78 is 0.